The smallest absolute Gasteiger partial charge is 0.223 e. The summed E-state index contributed by atoms with van der Waals surface area (Å²) in [6.45, 7) is 0. The Morgan fingerprint density at radius 3 is 2.54 bits per heavy atom. The maximum atomic E-state index is 10.8. The van der Waals surface area contributed by atoms with Gasteiger partial charge in [0.1, 0.15) is 5.15 Å². The molecule has 0 bridgehead atoms. The Bertz CT molecular complexity index is 478. The molecule has 4 nitrogen and oxygen atoms in total. The summed E-state index contributed by atoms with van der Waals surface area (Å²) in [4.78, 5) is 3.45. The number of hydrogen-bond acceptors (Lipinski definition) is 4. The molecular formula is C6H2Cl2N2O2S. The summed E-state index contributed by atoms with van der Waals surface area (Å²) >= 11 is 5.45. The van der Waals surface area contributed by atoms with E-state index < -0.39 is 14.1 Å². The maximum absolute atomic E-state index is 10.8. The van der Waals surface area contributed by atoms with Crippen molar-refractivity contribution in [3.63, 3.8) is 0 Å². The SMILES string of the molecule is N#Cc1cc(Cl)nc(S(=O)(=O)Cl)c1. The van der Waals surface area contributed by atoms with Gasteiger partial charge in [0, 0.05) is 10.7 Å². The maximum Gasteiger partial charge on any atom is 0.278 e. The lowest BCUT2D eigenvalue weighted by molar-refractivity contribution is 0.606. The van der Waals surface area contributed by atoms with E-state index in [1.807, 2.05) is 0 Å². The van der Waals surface area contributed by atoms with Crippen molar-refractivity contribution >= 4 is 31.3 Å². The minimum atomic E-state index is -3.93. The van der Waals surface area contributed by atoms with E-state index in [0.29, 0.717) is 0 Å². The minimum Gasteiger partial charge on any atom is -0.223 e. The van der Waals surface area contributed by atoms with Gasteiger partial charge in [-0.1, -0.05) is 11.6 Å². The predicted octanol–water partition coefficient (Wildman–Crippen LogP) is 1.53. The minimum absolute atomic E-state index is 0.0849. The van der Waals surface area contributed by atoms with Gasteiger partial charge in [-0.2, -0.15) is 5.26 Å². The van der Waals surface area contributed by atoms with Crippen molar-refractivity contribution in [2.75, 3.05) is 0 Å². The van der Waals surface area contributed by atoms with E-state index >= 15 is 0 Å². The quantitative estimate of drug-likeness (QED) is 0.548. The molecular weight excluding hydrogens is 235 g/mol. The molecule has 0 saturated carbocycles. The summed E-state index contributed by atoms with van der Waals surface area (Å²) in [6.07, 6.45) is 0. The average Bonchev–Trinajstić information content (AvgIpc) is 2.01. The van der Waals surface area contributed by atoms with Crippen LogP contribution in [0, 0.1) is 11.3 Å². The number of hydrogen-bond donors (Lipinski definition) is 0. The van der Waals surface area contributed by atoms with Gasteiger partial charge in [0.15, 0.2) is 5.03 Å². The Morgan fingerprint density at radius 2 is 2.08 bits per heavy atom. The summed E-state index contributed by atoms with van der Waals surface area (Å²) in [5.74, 6) is 0. The zero-order valence-electron chi connectivity index (χ0n) is 6.03. The van der Waals surface area contributed by atoms with Gasteiger partial charge < -0.3 is 0 Å². The first-order valence-corrected chi connectivity index (χ1v) is 5.64. The van der Waals surface area contributed by atoms with Crippen molar-refractivity contribution in [3.8, 4) is 6.07 Å². The van der Waals surface area contributed by atoms with Crippen LogP contribution in [0.25, 0.3) is 0 Å². The largest absolute Gasteiger partial charge is 0.278 e. The second-order valence-electron chi connectivity index (χ2n) is 2.07. The third-order valence-corrected chi connectivity index (χ3v) is 2.53. The molecule has 13 heavy (non-hydrogen) atoms. The van der Waals surface area contributed by atoms with Crippen LogP contribution in [0.15, 0.2) is 17.2 Å². The Morgan fingerprint density at radius 1 is 1.46 bits per heavy atom. The first kappa shape index (κ1) is 10.3. The normalized spacial score (nSPS) is 10.8. The van der Waals surface area contributed by atoms with Gasteiger partial charge in [0.25, 0.3) is 9.05 Å². The van der Waals surface area contributed by atoms with Crippen molar-refractivity contribution in [1.82, 2.24) is 4.98 Å². The molecule has 0 aliphatic rings. The van der Waals surface area contributed by atoms with Crippen molar-refractivity contribution in [2.45, 2.75) is 5.03 Å². The van der Waals surface area contributed by atoms with Gasteiger partial charge in [0.2, 0.25) is 0 Å². The highest BCUT2D eigenvalue weighted by atomic mass is 35.7. The van der Waals surface area contributed by atoms with Crippen LogP contribution in [0.3, 0.4) is 0 Å². The molecule has 0 atom stereocenters. The monoisotopic (exact) mass is 236 g/mol. The highest BCUT2D eigenvalue weighted by molar-refractivity contribution is 8.13. The van der Waals surface area contributed by atoms with Crippen molar-refractivity contribution < 1.29 is 8.42 Å². The Labute approximate surface area is 84.1 Å². The van der Waals surface area contributed by atoms with Crippen LogP contribution in [0.1, 0.15) is 5.56 Å². The number of pyridine rings is 1. The topological polar surface area (TPSA) is 70.8 Å². The third kappa shape index (κ3) is 2.56. The van der Waals surface area contributed by atoms with E-state index in [0.717, 1.165) is 6.07 Å². The molecule has 0 aromatic carbocycles. The van der Waals surface area contributed by atoms with E-state index in [1.54, 1.807) is 6.07 Å². The first-order valence-electron chi connectivity index (χ1n) is 2.96. The van der Waals surface area contributed by atoms with E-state index in [-0.39, 0.29) is 10.7 Å². The van der Waals surface area contributed by atoms with Crippen molar-refractivity contribution in [2.24, 2.45) is 0 Å². The lowest BCUT2D eigenvalue weighted by Gasteiger charge is -1.96. The fraction of sp³-hybridized carbons (Fsp3) is 0. The molecule has 0 saturated heterocycles. The number of nitriles is 1. The second-order valence-corrected chi connectivity index (χ2v) is 4.97. The van der Waals surface area contributed by atoms with Crippen LogP contribution in [0.4, 0.5) is 0 Å². The number of aromatic nitrogens is 1. The third-order valence-electron chi connectivity index (χ3n) is 1.15. The summed E-state index contributed by atoms with van der Waals surface area (Å²) in [6, 6.07) is 4.03. The molecule has 0 spiro atoms. The standard InChI is InChI=1S/C6H2Cl2N2O2S/c7-5-1-4(3-9)2-6(10-5)13(8,11)12/h1-2H. The molecule has 0 fully saturated rings. The summed E-state index contributed by atoms with van der Waals surface area (Å²) in [5, 5.41) is 7.97. The van der Waals surface area contributed by atoms with Crippen LogP contribution < -0.4 is 0 Å². The fourth-order valence-corrected chi connectivity index (χ4v) is 1.63. The van der Waals surface area contributed by atoms with E-state index in [4.69, 9.17) is 27.5 Å². The van der Waals surface area contributed by atoms with Gasteiger partial charge in [0.05, 0.1) is 11.6 Å². The van der Waals surface area contributed by atoms with Gasteiger partial charge in [-0.05, 0) is 12.1 Å². The van der Waals surface area contributed by atoms with Crippen molar-refractivity contribution in [3.05, 3.63) is 22.8 Å². The fourth-order valence-electron chi connectivity index (χ4n) is 0.662. The van der Waals surface area contributed by atoms with Crippen LogP contribution in [0.5, 0.6) is 0 Å². The molecule has 0 unspecified atom stereocenters. The second kappa shape index (κ2) is 3.50. The summed E-state index contributed by atoms with van der Waals surface area (Å²) < 4.78 is 21.6. The molecule has 0 aliphatic heterocycles. The lowest BCUT2D eigenvalue weighted by Crippen LogP contribution is -1.96. The molecule has 1 aromatic heterocycles. The molecule has 0 radical (unpaired) electrons. The van der Waals surface area contributed by atoms with Crippen molar-refractivity contribution in [1.29, 1.82) is 5.26 Å². The van der Waals surface area contributed by atoms with Gasteiger partial charge in [-0.25, -0.2) is 13.4 Å². The lowest BCUT2D eigenvalue weighted by atomic mass is 10.3. The molecule has 0 amide bonds. The van der Waals surface area contributed by atoms with Gasteiger partial charge >= 0.3 is 0 Å². The molecule has 0 aliphatic carbocycles. The highest BCUT2D eigenvalue weighted by Crippen LogP contribution is 2.17. The molecule has 1 rings (SSSR count). The van der Waals surface area contributed by atoms with E-state index in [1.165, 1.54) is 6.07 Å². The zero-order chi connectivity index (χ0) is 10.1. The number of nitrogens with zero attached hydrogens (tertiary/aromatic N) is 2. The Balaban J connectivity index is 3.44. The van der Waals surface area contributed by atoms with Gasteiger partial charge in [-0.3, -0.25) is 0 Å². The Hall–Kier alpha value is -0.830. The van der Waals surface area contributed by atoms with E-state index in [2.05, 4.69) is 4.98 Å². The van der Waals surface area contributed by atoms with Crippen LogP contribution >= 0.6 is 22.3 Å². The van der Waals surface area contributed by atoms with Gasteiger partial charge in [-0.15, -0.1) is 0 Å². The number of rotatable bonds is 1. The summed E-state index contributed by atoms with van der Waals surface area (Å²) in [7, 11) is 1.07. The molecule has 1 heterocycles. The predicted molar refractivity (Wildman–Crippen MR) is 47.0 cm³/mol. The van der Waals surface area contributed by atoms with Crippen LogP contribution in [-0.2, 0) is 9.05 Å². The number of halogens is 2. The highest BCUT2D eigenvalue weighted by Gasteiger charge is 2.13. The first-order chi connectivity index (χ1) is 5.93. The van der Waals surface area contributed by atoms with Crippen LogP contribution in [-0.4, -0.2) is 13.4 Å². The summed E-state index contributed by atoms with van der Waals surface area (Å²) in [5.41, 5.74) is 0.0965. The average molecular weight is 237 g/mol. The van der Waals surface area contributed by atoms with E-state index in [9.17, 15) is 8.42 Å². The molecule has 1 aromatic rings. The molecule has 0 N–H and O–H groups in total. The molecule has 7 heteroatoms. The zero-order valence-corrected chi connectivity index (χ0v) is 8.36. The molecule has 68 valence electrons. The Kier molecular flexibility index (Phi) is 2.76. The van der Waals surface area contributed by atoms with Crippen LogP contribution in [0.2, 0.25) is 5.15 Å².